The van der Waals surface area contributed by atoms with Crippen molar-refractivity contribution in [2.75, 3.05) is 18.5 Å². The average Bonchev–Trinajstić information content (AvgIpc) is 2.48. The Morgan fingerprint density at radius 2 is 2.10 bits per heavy atom. The van der Waals surface area contributed by atoms with E-state index in [1.807, 2.05) is 6.08 Å². The van der Waals surface area contributed by atoms with Gasteiger partial charge in [-0.2, -0.15) is 0 Å². The zero-order valence-electron chi connectivity index (χ0n) is 12.1. The Labute approximate surface area is 123 Å². The third-order valence-corrected chi connectivity index (χ3v) is 3.09. The molecule has 0 spiro atoms. The van der Waals surface area contributed by atoms with Gasteiger partial charge in [0.15, 0.2) is 0 Å². The number of halogens is 1. The Bertz CT molecular complexity index is 550. The number of ether oxygens (including phenoxy) is 1. The van der Waals surface area contributed by atoms with Gasteiger partial charge in [-0.15, -0.1) is 0 Å². The summed E-state index contributed by atoms with van der Waals surface area (Å²) in [6, 6.07) is 6.23. The molecule has 0 aliphatic heterocycles. The molecule has 1 aliphatic carbocycles. The van der Waals surface area contributed by atoms with Crippen LogP contribution in [0.2, 0.25) is 0 Å². The van der Waals surface area contributed by atoms with Gasteiger partial charge in [0.2, 0.25) is 0 Å². The highest BCUT2D eigenvalue weighted by Crippen LogP contribution is 2.19. The van der Waals surface area contributed by atoms with Crippen LogP contribution in [0.15, 0.2) is 41.0 Å². The lowest BCUT2D eigenvalue weighted by molar-refractivity contribution is -0.141. The first kappa shape index (κ1) is 15.2. The molecule has 0 fully saturated rings. The van der Waals surface area contributed by atoms with Crippen molar-refractivity contribution in [3.8, 4) is 0 Å². The molecule has 2 rings (SSSR count). The lowest BCUT2D eigenvalue weighted by Gasteiger charge is -2.16. The maximum absolute atomic E-state index is 12.9. The summed E-state index contributed by atoms with van der Waals surface area (Å²) in [7, 11) is 0. The monoisotopic (exact) mass is 290 g/mol. The second-order valence-electron chi connectivity index (χ2n) is 4.77. The molecular weight excluding hydrogens is 271 g/mol. The summed E-state index contributed by atoms with van der Waals surface area (Å²) >= 11 is 0. The standard InChI is InChI=1S/C16H19FN2O2/c1-2-21-16(20)11-18-14-4-3-5-15(10-14)19-13-8-6-12(17)7-9-13/h6-10,19H,2-5,11H2,1H3. The van der Waals surface area contributed by atoms with E-state index >= 15 is 0 Å². The van der Waals surface area contributed by atoms with Gasteiger partial charge in [-0.05, 0) is 56.5 Å². The second-order valence-corrected chi connectivity index (χ2v) is 4.77. The molecule has 0 atom stereocenters. The predicted molar refractivity (Wildman–Crippen MR) is 80.9 cm³/mol. The Hall–Kier alpha value is -2.17. The molecular formula is C16H19FN2O2. The number of benzene rings is 1. The Morgan fingerprint density at radius 1 is 1.33 bits per heavy atom. The van der Waals surface area contributed by atoms with Crippen LogP contribution < -0.4 is 5.32 Å². The molecule has 0 radical (unpaired) electrons. The Morgan fingerprint density at radius 3 is 2.81 bits per heavy atom. The zero-order chi connectivity index (χ0) is 15.1. The van der Waals surface area contributed by atoms with Gasteiger partial charge < -0.3 is 10.1 Å². The van der Waals surface area contributed by atoms with Gasteiger partial charge in [0, 0.05) is 17.1 Å². The maximum Gasteiger partial charge on any atom is 0.327 e. The summed E-state index contributed by atoms with van der Waals surface area (Å²) in [5.41, 5.74) is 2.75. The average molecular weight is 290 g/mol. The van der Waals surface area contributed by atoms with Crippen LogP contribution in [-0.4, -0.2) is 24.8 Å². The molecule has 0 aromatic heterocycles. The van der Waals surface area contributed by atoms with Crippen molar-refractivity contribution in [2.45, 2.75) is 26.2 Å². The third kappa shape index (κ3) is 5.02. The minimum atomic E-state index is -0.308. The first-order valence-corrected chi connectivity index (χ1v) is 7.09. The number of anilines is 1. The normalized spacial score (nSPS) is 16.5. The summed E-state index contributed by atoms with van der Waals surface area (Å²) < 4.78 is 17.7. The molecule has 21 heavy (non-hydrogen) atoms. The molecule has 112 valence electrons. The molecule has 1 aliphatic rings. The minimum absolute atomic E-state index is 0.0590. The topological polar surface area (TPSA) is 50.7 Å². The van der Waals surface area contributed by atoms with Gasteiger partial charge in [0.1, 0.15) is 12.4 Å². The number of nitrogens with one attached hydrogen (secondary N) is 1. The fourth-order valence-electron chi connectivity index (χ4n) is 2.12. The van der Waals surface area contributed by atoms with Crippen LogP contribution in [0.1, 0.15) is 26.2 Å². The van der Waals surface area contributed by atoms with Crippen LogP contribution >= 0.6 is 0 Å². The Kier molecular flexibility index (Phi) is 5.49. The van der Waals surface area contributed by atoms with E-state index in [0.717, 1.165) is 36.4 Å². The number of esters is 1. The van der Waals surface area contributed by atoms with E-state index in [4.69, 9.17) is 4.74 Å². The summed E-state index contributed by atoms with van der Waals surface area (Å²) in [4.78, 5) is 15.6. The van der Waals surface area contributed by atoms with Crippen molar-refractivity contribution in [2.24, 2.45) is 4.99 Å². The molecule has 1 aromatic rings. The lowest BCUT2D eigenvalue weighted by atomic mass is 10.0. The molecule has 1 aromatic carbocycles. The molecule has 0 heterocycles. The smallest absolute Gasteiger partial charge is 0.327 e. The van der Waals surface area contributed by atoms with Crippen molar-refractivity contribution in [1.29, 1.82) is 0 Å². The number of allylic oxidation sites excluding steroid dienone is 2. The van der Waals surface area contributed by atoms with E-state index in [-0.39, 0.29) is 18.3 Å². The summed E-state index contributed by atoms with van der Waals surface area (Å²) in [5.74, 6) is -0.563. The SMILES string of the molecule is CCOC(=O)CN=C1C=C(Nc2ccc(F)cc2)CCC1. The molecule has 5 heteroatoms. The largest absolute Gasteiger partial charge is 0.465 e. The number of carbonyl (C=O) groups is 1. The number of hydrogen-bond acceptors (Lipinski definition) is 4. The van der Waals surface area contributed by atoms with Gasteiger partial charge in [-0.25, -0.2) is 4.39 Å². The highest BCUT2D eigenvalue weighted by Gasteiger charge is 2.10. The molecule has 4 nitrogen and oxygen atoms in total. The van der Waals surface area contributed by atoms with Gasteiger partial charge in [0.25, 0.3) is 0 Å². The van der Waals surface area contributed by atoms with Crippen LogP contribution in [-0.2, 0) is 9.53 Å². The van der Waals surface area contributed by atoms with E-state index in [2.05, 4.69) is 10.3 Å². The van der Waals surface area contributed by atoms with Crippen LogP contribution in [0.25, 0.3) is 0 Å². The fraction of sp³-hybridized carbons (Fsp3) is 0.375. The van der Waals surface area contributed by atoms with E-state index in [9.17, 15) is 9.18 Å². The van der Waals surface area contributed by atoms with Gasteiger partial charge in [0.05, 0.1) is 6.61 Å². The zero-order valence-corrected chi connectivity index (χ0v) is 12.1. The molecule has 0 unspecified atom stereocenters. The number of hydrogen-bond donors (Lipinski definition) is 1. The highest BCUT2D eigenvalue weighted by molar-refractivity contribution is 5.97. The van der Waals surface area contributed by atoms with Crippen molar-refractivity contribution in [3.63, 3.8) is 0 Å². The maximum atomic E-state index is 12.9. The summed E-state index contributed by atoms with van der Waals surface area (Å²) in [6.07, 6.45) is 4.69. The van der Waals surface area contributed by atoms with Gasteiger partial charge >= 0.3 is 5.97 Å². The first-order chi connectivity index (χ1) is 10.2. The number of nitrogens with zero attached hydrogens (tertiary/aromatic N) is 1. The van der Waals surface area contributed by atoms with Crippen molar-refractivity contribution >= 4 is 17.4 Å². The van der Waals surface area contributed by atoms with Crippen LogP contribution in [0, 0.1) is 5.82 Å². The van der Waals surface area contributed by atoms with Crippen LogP contribution in [0.5, 0.6) is 0 Å². The quantitative estimate of drug-likeness (QED) is 0.846. The molecule has 0 saturated heterocycles. The van der Waals surface area contributed by atoms with E-state index in [0.29, 0.717) is 6.61 Å². The first-order valence-electron chi connectivity index (χ1n) is 7.09. The predicted octanol–water partition coefficient (Wildman–Crippen LogP) is 3.31. The van der Waals surface area contributed by atoms with Crippen molar-refractivity contribution in [1.82, 2.24) is 0 Å². The second kappa shape index (κ2) is 7.57. The number of rotatable bonds is 5. The lowest BCUT2D eigenvalue weighted by Crippen LogP contribution is -2.13. The Balaban J connectivity index is 1.98. The fourth-order valence-corrected chi connectivity index (χ4v) is 2.12. The molecule has 0 bridgehead atoms. The van der Waals surface area contributed by atoms with Crippen molar-refractivity contribution in [3.05, 3.63) is 41.9 Å². The third-order valence-electron chi connectivity index (χ3n) is 3.09. The van der Waals surface area contributed by atoms with Crippen molar-refractivity contribution < 1.29 is 13.9 Å². The van der Waals surface area contributed by atoms with E-state index in [1.54, 1.807) is 19.1 Å². The minimum Gasteiger partial charge on any atom is -0.465 e. The van der Waals surface area contributed by atoms with E-state index in [1.165, 1.54) is 12.1 Å². The van der Waals surface area contributed by atoms with Crippen LogP contribution in [0.4, 0.5) is 10.1 Å². The summed E-state index contributed by atoms with van der Waals surface area (Å²) in [5, 5.41) is 3.25. The van der Waals surface area contributed by atoms with E-state index < -0.39 is 0 Å². The van der Waals surface area contributed by atoms with Gasteiger partial charge in [-0.1, -0.05) is 0 Å². The number of aliphatic imine (C=N–C) groups is 1. The highest BCUT2D eigenvalue weighted by atomic mass is 19.1. The van der Waals surface area contributed by atoms with Gasteiger partial charge in [-0.3, -0.25) is 9.79 Å². The number of carbonyl (C=O) groups excluding carboxylic acids is 1. The molecule has 1 N–H and O–H groups in total. The van der Waals surface area contributed by atoms with Crippen LogP contribution in [0.3, 0.4) is 0 Å². The molecule has 0 saturated carbocycles. The molecule has 0 amide bonds. The summed E-state index contributed by atoms with van der Waals surface area (Å²) in [6.45, 7) is 2.21.